The Hall–Kier alpha value is -0.293. The molecule has 0 aromatic rings. The molecule has 0 spiro atoms. The Labute approximate surface area is 173 Å². The lowest BCUT2D eigenvalue weighted by Crippen LogP contribution is -2.48. The molecule has 0 bridgehead atoms. The summed E-state index contributed by atoms with van der Waals surface area (Å²) in [5.74, 6) is 0. The normalized spacial score (nSPS) is 14.8. The Kier molecular flexibility index (Phi) is 13.7. The predicted molar refractivity (Wildman–Crippen MR) is 118 cm³/mol. The van der Waals surface area contributed by atoms with Gasteiger partial charge in [-0.05, 0) is 50.2 Å². The maximum Gasteiger partial charge on any atom is 0.413 e. The lowest BCUT2D eigenvalue weighted by atomic mass is 10.1. The molecule has 0 heterocycles. The maximum atomic E-state index is 13.4. The van der Waals surface area contributed by atoms with E-state index in [4.69, 9.17) is 4.43 Å². The molecule has 1 nitrogen and oxygen atoms in total. The summed E-state index contributed by atoms with van der Waals surface area (Å²) in [5, 5.41) is -0.209. The van der Waals surface area contributed by atoms with Crippen molar-refractivity contribution in [3.8, 4) is 0 Å². The minimum atomic E-state index is -4.27. The van der Waals surface area contributed by atoms with Gasteiger partial charge in [0.15, 0.2) is 8.32 Å². The second-order valence-corrected chi connectivity index (χ2v) is 14.3. The fraction of sp³-hybridized carbons (Fsp3) is 0.913. The van der Waals surface area contributed by atoms with Crippen molar-refractivity contribution >= 4 is 8.32 Å². The van der Waals surface area contributed by atoms with Crippen LogP contribution in [-0.2, 0) is 4.43 Å². The SMILES string of the molecule is CCCCCCC/C=C/CCCCCCC(O[Si](C)(C)C(C)(C)C)C(F)(F)F. The number of hydrogen-bond donors (Lipinski definition) is 0. The van der Waals surface area contributed by atoms with E-state index >= 15 is 0 Å². The second kappa shape index (κ2) is 13.8. The van der Waals surface area contributed by atoms with Crippen molar-refractivity contribution in [2.45, 2.75) is 135 Å². The molecule has 1 unspecified atom stereocenters. The van der Waals surface area contributed by atoms with E-state index in [-0.39, 0.29) is 11.5 Å². The van der Waals surface area contributed by atoms with E-state index in [1.807, 2.05) is 33.9 Å². The summed E-state index contributed by atoms with van der Waals surface area (Å²) in [6.45, 7) is 11.9. The minimum Gasteiger partial charge on any atom is -0.405 e. The van der Waals surface area contributed by atoms with Gasteiger partial charge in [0.1, 0.15) is 6.10 Å². The van der Waals surface area contributed by atoms with Crippen molar-refractivity contribution in [3.63, 3.8) is 0 Å². The van der Waals surface area contributed by atoms with Crippen LogP contribution in [0.2, 0.25) is 18.1 Å². The highest BCUT2D eigenvalue weighted by atomic mass is 28.4. The van der Waals surface area contributed by atoms with Gasteiger partial charge in [-0.15, -0.1) is 0 Å². The number of hydrogen-bond acceptors (Lipinski definition) is 1. The first-order valence-electron chi connectivity index (χ1n) is 11.3. The molecule has 0 saturated carbocycles. The summed E-state index contributed by atoms with van der Waals surface area (Å²) in [6, 6.07) is 0. The zero-order valence-corrected chi connectivity index (χ0v) is 20.3. The van der Waals surface area contributed by atoms with Crippen LogP contribution >= 0.6 is 0 Å². The zero-order chi connectivity index (χ0) is 21.7. The summed E-state index contributed by atoms with van der Waals surface area (Å²) in [4.78, 5) is 0. The summed E-state index contributed by atoms with van der Waals surface area (Å²) >= 11 is 0. The second-order valence-electron chi connectivity index (χ2n) is 9.57. The molecule has 0 amide bonds. The molecule has 0 aromatic heterocycles. The molecule has 0 aliphatic heterocycles. The lowest BCUT2D eigenvalue weighted by molar-refractivity contribution is -0.200. The van der Waals surface area contributed by atoms with E-state index in [1.165, 1.54) is 32.1 Å². The van der Waals surface area contributed by atoms with Crippen LogP contribution in [0.15, 0.2) is 12.2 Å². The van der Waals surface area contributed by atoms with Crippen LogP contribution < -0.4 is 0 Å². The van der Waals surface area contributed by atoms with Crippen LogP contribution in [0.3, 0.4) is 0 Å². The molecule has 0 aliphatic rings. The van der Waals surface area contributed by atoms with Gasteiger partial charge in [0, 0.05) is 0 Å². The fourth-order valence-electron chi connectivity index (χ4n) is 2.87. The molecule has 0 fully saturated rings. The van der Waals surface area contributed by atoms with Gasteiger partial charge in [-0.2, -0.15) is 13.2 Å². The Morgan fingerprint density at radius 2 is 1.25 bits per heavy atom. The first kappa shape index (κ1) is 27.7. The summed E-state index contributed by atoms with van der Waals surface area (Å²) in [6.07, 6.45) is 10.9. The molecular weight excluding hydrogens is 377 g/mol. The van der Waals surface area contributed by atoms with Gasteiger partial charge in [-0.1, -0.05) is 84.8 Å². The third kappa shape index (κ3) is 13.0. The van der Waals surface area contributed by atoms with E-state index < -0.39 is 20.6 Å². The average molecular weight is 423 g/mol. The third-order valence-corrected chi connectivity index (χ3v) is 10.3. The van der Waals surface area contributed by atoms with Gasteiger partial charge in [0.05, 0.1) is 0 Å². The van der Waals surface area contributed by atoms with Gasteiger partial charge in [0.2, 0.25) is 0 Å². The van der Waals surface area contributed by atoms with E-state index in [0.717, 1.165) is 32.1 Å². The molecule has 0 saturated heterocycles. The Morgan fingerprint density at radius 3 is 1.68 bits per heavy atom. The molecule has 28 heavy (non-hydrogen) atoms. The quantitative estimate of drug-likeness (QED) is 0.145. The van der Waals surface area contributed by atoms with Gasteiger partial charge in [-0.25, -0.2) is 0 Å². The van der Waals surface area contributed by atoms with E-state index in [2.05, 4.69) is 19.1 Å². The predicted octanol–water partition coefficient (Wildman–Crippen LogP) is 9.20. The van der Waals surface area contributed by atoms with Gasteiger partial charge in [-0.3, -0.25) is 0 Å². The molecule has 0 aromatic carbocycles. The van der Waals surface area contributed by atoms with Gasteiger partial charge in [0.25, 0.3) is 0 Å². The first-order chi connectivity index (χ1) is 12.9. The van der Waals surface area contributed by atoms with Gasteiger partial charge < -0.3 is 4.43 Å². The number of allylic oxidation sites excluding steroid dienone is 2. The Morgan fingerprint density at radius 1 is 0.786 bits per heavy atom. The Bertz CT molecular complexity index is 411. The van der Waals surface area contributed by atoms with Crippen molar-refractivity contribution < 1.29 is 17.6 Å². The van der Waals surface area contributed by atoms with E-state index in [0.29, 0.717) is 6.42 Å². The molecule has 0 radical (unpaired) electrons. The van der Waals surface area contributed by atoms with Crippen LogP contribution in [0.4, 0.5) is 13.2 Å². The van der Waals surface area contributed by atoms with Crippen LogP contribution in [0.5, 0.6) is 0 Å². The van der Waals surface area contributed by atoms with Crippen molar-refractivity contribution in [1.29, 1.82) is 0 Å². The smallest absolute Gasteiger partial charge is 0.405 e. The molecule has 0 N–H and O–H groups in total. The van der Waals surface area contributed by atoms with Crippen LogP contribution in [0.25, 0.3) is 0 Å². The highest BCUT2D eigenvalue weighted by molar-refractivity contribution is 6.74. The monoisotopic (exact) mass is 422 g/mol. The van der Waals surface area contributed by atoms with Crippen molar-refractivity contribution in [3.05, 3.63) is 12.2 Å². The van der Waals surface area contributed by atoms with E-state index in [1.54, 1.807) is 0 Å². The summed E-state index contributed by atoms with van der Waals surface area (Å²) in [5.41, 5.74) is 0. The van der Waals surface area contributed by atoms with Crippen molar-refractivity contribution in [2.75, 3.05) is 0 Å². The minimum absolute atomic E-state index is 0.0869. The largest absolute Gasteiger partial charge is 0.413 e. The maximum absolute atomic E-state index is 13.4. The van der Waals surface area contributed by atoms with Crippen LogP contribution in [0.1, 0.15) is 105 Å². The molecule has 0 aliphatic carbocycles. The third-order valence-electron chi connectivity index (χ3n) is 5.84. The number of halogens is 3. The van der Waals surface area contributed by atoms with Crippen LogP contribution in [-0.4, -0.2) is 20.6 Å². The highest BCUT2D eigenvalue weighted by Gasteiger charge is 2.47. The molecule has 0 rings (SSSR count). The first-order valence-corrected chi connectivity index (χ1v) is 14.2. The summed E-state index contributed by atoms with van der Waals surface area (Å²) < 4.78 is 45.8. The molecule has 168 valence electrons. The number of unbranched alkanes of at least 4 members (excludes halogenated alkanes) is 9. The van der Waals surface area contributed by atoms with Gasteiger partial charge >= 0.3 is 6.18 Å². The molecular formula is C23H45F3OSi. The highest BCUT2D eigenvalue weighted by Crippen LogP contribution is 2.40. The fourth-order valence-corrected chi connectivity index (χ4v) is 4.19. The molecule has 1 atom stereocenters. The number of alkyl halides is 3. The average Bonchev–Trinajstić information content (AvgIpc) is 2.56. The van der Waals surface area contributed by atoms with Crippen molar-refractivity contribution in [1.82, 2.24) is 0 Å². The summed E-state index contributed by atoms with van der Waals surface area (Å²) in [7, 11) is -2.41. The Balaban J connectivity index is 3.99. The number of rotatable bonds is 15. The van der Waals surface area contributed by atoms with Crippen molar-refractivity contribution in [2.24, 2.45) is 0 Å². The molecule has 5 heteroatoms. The topological polar surface area (TPSA) is 9.23 Å². The van der Waals surface area contributed by atoms with Crippen LogP contribution in [0, 0.1) is 0 Å². The lowest BCUT2D eigenvalue weighted by Gasteiger charge is -2.39. The zero-order valence-electron chi connectivity index (χ0n) is 19.3. The standard InChI is InChI=1S/C23H45F3OSi/c1-7-8-9-10-11-12-13-14-15-16-17-18-19-20-21(23(24,25)26)27-28(5,6)22(2,3)4/h13-14,21H,7-12,15-20H2,1-6H3/b14-13+. The van der Waals surface area contributed by atoms with E-state index in [9.17, 15) is 13.2 Å².